The van der Waals surface area contributed by atoms with Gasteiger partial charge < -0.3 is 19.3 Å². The van der Waals surface area contributed by atoms with Crippen molar-refractivity contribution in [2.45, 2.75) is 65.3 Å². The van der Waals surface area contributed by atoms with Crippen LogP contribution in [-0.4, -0.2) is 55.1 Å². The zero-order valence-corrected chi connectivity index (χ0v) is 16.8. The van der Waals surface area contributed by atoms with Gasteiger partial charge in [0.25, 0.3) is 0 Å². The first-order valence-electron chi connectivity index (χ1n) is 8.97. The molecular weight excluding hydrogens is 318 g/mol. The highest BCUT2D eigenvalue weighted by Crippen LogP contribution is 2.28. The third-order valence-corrected chi connectivity index (χ3v) is 4.20. The fourth-order valence-electron chi connectivity index (χ4n) is 2.54. The third kappa shape index (κ3) is 7.63. The fourth-order valence-corrected chi connectivity index (χ4v) is 2.54. The van der Waals surface area contributed by atoms with Crippen molar-refractivity contribution in [3.8, 4) is 11.5 Å². The molecule has 0 radical (unpaired) electrons. The maximum absolute atomic E-state index is 10.4. The number of hydrogen-bond acceptors (Lipinski definition) is 5. The highest BCUT2D eigenvalue weighted by Gasteiger charge is 2.20. The summed E-state index contributed by atoms with van der Waals surface area (Å²) >= 11 is 0. The Morgan fingerprint density at radius 1 is 1.12 bits per heavy atom. The molecule has 0 aliphatic rings. The predicted molar refractivity (Wildman–Crippen MR) is 101 cm³/mol. The van der Waals surface area contributed by atoms with Gasteiger partial charge in [0.15, 0.2) is 11.5 Å². The summed E-state index contributed by atoms with van der Waals surface area (Å²) in [5.41, 5.74) is 0.882. The summed E-state index contributed by atoms with van der Waals surface area (Å²) in [6.07, 6.45) is 0.494. The first-order chi connectivity index (χ1) is 11.7. The summed E-state index contributed by atoms with van der Waals surface area (Å²) in [6, 6.07) is 6.31. The molecule has 144 valence electrons. The van der Waals surface area contributed by atoms with E-state index in [1.54, 1.807) is 14.2 Å². The van der Waals surface area contributed by atoms with Gasteiger partial charge in [-0.25, -0.2) is 0 Å². The molecule has 0 amide bonds. The van der Waals surface area contributed by atoms with Crippen molar-refractivity contribution in [3.63, 3.8) is 0 Å². The normalized spacial score (nSPS) is 14.4. The Morgan fingerprint density at radius 2 is 1.76 bits per heavy atom. The van der Waals surface area contributed by atoms with Crippen LogP contribution in [0.15, 0.2) is 18.2 Å². The van der Waals surface area contributed by atoms with Crippen LogP contribution in [0.2, 0.25) is 0 Å². The van der Waals surface area contributed by atoms with Gasteiger partial charge in [0.05, 0.1) is 32.5 Å². The smallest absolute Gasteiger partial charge is 0.161 e. The molecule has 1 aromatic rings. The highest BCUT2D eigenvalue weighted by atomic mass is 16.5. The van der Waals surface area contributed by atoms with E-state index < -0.39 is 6.10 Å². The molecule has 2 atom stereocenters. The molecule has 0 aromatic heterocycles. The molecule has 1 N–H and O–H groups in total. The lowest BCUT2D eigenvalue weighted by Gasteiger charge is -2.31. The molecular formula is C20H35NO4. The summed E-state index contributed by atoms with van der Waals surface area (Å²) in [6.45, 7) is 12.0. The second-order valence-corrected chi connectivity index (χ2v) is 7.45. The van der Waals surface area contributed by atoms with Crippen molar-refractivity contribution in [2.75, 3.05) is 27.4 Å². The molecule has 25 heavy (non-hydrogen) atoms. The van der Waals surface area contributed by atoms with Crippen LogP contribution >= 0.6 is 0 Å². The second kappa shape index (κ2) is 10.00. The van der Waals surface area contributed by atoms with Gasteiger partial charge in [-0.05, 0) is 51.8 Å². The number of aliphatic hydroxyl groups is 1. The van der Waals surface area contributed by atoms with Crippen LogP contribution < -0.4 is 9.47 Å². The number of ether oxygens (including phenoxy) is 3. The standard InChI is InChI=1S/C20H35NO4/c1-8-15(2)21(13-17(22)14-25-20(3,4)5)12-16-9-10-18(23-6)19(11-16)24-7/h9-11,15,17,22H,8,12-14H2,1-7H3/t15-,17+/m1/s1. The topological polar surface area (TPSA) is 51.2 Å². The average molecular weight is 354 g/mol. The van der Waals surface area contributed by atoms with Crippen LogP contribution in [0.3, 0.4) is 0 Å². The Labute approximate surface area is 152 Å². The van der Waals surface area contributed by atoms with E-state index in [4.69, 9.17) is 14.2 Å². The Hall–Kier alpha value is -1.30. The number of hydrogen-bond donors (Lipinski definition) is 1. The molecule has 0 aliphatic carbocycles. The number of nitrogens with zero attached hydrogens (tertiary/aromatic N) is 1. The van der Waals surface area contributed by atoms with Gasteiger partial charge in [0, 0.05) is 19.1 Å². The van der Waals surface area contributed by atoms with E-state index in [-0.39, 0.29) is 5.60 Å². The van der Waals surface area contributed by atoms with E-state index in [1.165, 1.54) is 0 Å². The lowest BCUT2D eigenvalue weighted by Crippen LogP contribution is -2.41. The van der Waals surface area contributed by atoms with Gasteiger partial charge in [-0.15, -0.1) is 0 Å². The first-order valence-corrected chi connectivity index (χ1v) is 8.97. The predicted octanol–water partition coefficient (Wildman–Crippen LogP) is 3.48. The second-order valence-electron chi connectivity index (χ2n) is 7.45. The van der Waals surface area contributed by atoms with E-state index in [0.717, 1.165) is 30.0 Å². The van der Waals surface area contributed by atoms with Gasteiger partial charge in [-0.2, -0.15) is 0 Å². The zero-order valence-electron chi connectivity index (χ0n) is 16.8. The van der Waals surface area contributed by atoms with Gasteiger partial charge in [-0.3, -0.25) is 4.90 Å². The van der Waals surface area contributed by atoms with Crippen LogP contribution in [0.4, 0.5) is 0 Å². The number of aliphatic hydroxyl groups excluding tert-OH is 1. The van der Waals surface area contributed by atoms with Crippen LogP contribution in [0.1, 0.15) is 46.6 Å². The number of benzene rings is 1. The summed E-state index contributed by atoms with van der Waals surface area (Å²) in [5.74, 6) is 1.45. The van der Waals surface area contributed by atoms with Gasteiger partial charge in [-0.1, -0.05) is 13.0 Å². The largest absolute Gasteiger partial charge is 0.493 e. The summed E-state index contributed by atoms with van der Waals surface area (Å²) in [7, 11) is 3.27. The average Bonchev–Trinajstić information content (AvgIpc) is 2.57. The minimum atomic E-state index is -0.520. The summed E-state index contributed by atoms with van der Waals surface area (Å²) in [5, 5.41) is 10.4. The molecule has 5 nitrogen and oxygen atoms in total. The van der Waals surface area contributed by atoms with E-state index in [2.05, 4.69) is 18.7 Å². The molecule has 0 saturated heterocycles. The molecule has 0 saturated carbocycles. The Bertz CT molecular complexity index is 513. The molecule has 0 spiro atoms. The fraction of sp³-hybridized carbons (Fsp3) is 0.700. The van der Waals surface area contributed by atoms with Crippen molar-refractivity contribution in [3.05, 3.63) is 23.8 Å². The van der Waals surface area contributed by atoms with Gasteiger partial charge >= 0.3 is 0 Å². The van der Waals surface area contributed by atoms with Crippen molar-refractivity contribution >= 4 is 0 Å². The maximum atomic E-state index is 10.4. The van der Waals surface area contributed by atoms with E-state index >= 15 is 0 Å². The molecule has 5 heteroatoms. The molecule has 0 bridgehead atoms. The first kappa shape index (κ1) is 21.7. The van der Waals surface area contributed by atoms with E-state index in [1.807, 2.05) is 39.0 Å². The molecule has 0 heterocycles. The van der Waals surface area contributed by atoms with Gasteiger partial charge in [0.2, 0.25) is 0 Å². The highest BCUT2D eigenvalue weighted by molar-refractivity contribution is 5.42. The lowest BCUT2D eigenvalue weighted by atomic mass is 10.1. The molecule has 0 unspecified atom stereocenters. The van der Waals surface area contributed by atoms with Crippen molar-refractivity contribution in [1.29, 1.82) is 0 Å². The van der Waals surface area contributed by atoms with E-state index in [0.29, 0.717) is 19.2 Å². The molecule has 1 aromatic carbocycles. The maximum Gasteiger partial charge on any atom is 0.161 e. The van der Waals surface area contributed by atoms with Gasteiger partial charge in [0.1, 0.15) is 0 Å². The monoisotopic (exact) mass is 353 g/mol. The summed E-state index contributed by atoms with van der Waals surface area (Å²) in [4.78, 5) is 2.28. The Morgan fingerprint density at radius 3 is 2.28 bits per heavy atom. The van der Waals surface area contributed by atoms with Crippen LogP contribution in [0.25, 0.3) is 0 Å². The third-order valence-electron chi connectivity index (χ3n) is 4.20. The Balaban J connectivity index is 2.79. The van der Waals surface area contributed by atoms with Crippen molar-refractivity contribution < 1.29 is 19.3 Å². The molecule has 0 fully saturated rings. The Kier molecular flexibility index (Phi) is 8.69. The number of rotatable bonds is 10. The number of methoxy groups -OCH3 is 2. The summed E-state index contributed by atoms with van der Waals surface area (Å²) < 4.78 is 16.4. The van der Waals surface area contributed by atoms with Crippen LogP contribution in [0.5, 0.6) is 11.5 Å². The van der Waals surface area contributed by atoms with Crippen molar-refractivity contribution in [2.24, 2.45) is 0 Å². The zero-order chi connectivity index (χ0) is 19.0. The molecule has 1 rings (SSSR count). The van der Waals surface area contributed by atoms with Crippen LogP contribution in [0, 0.1) is 0 Å². The molecule has 0 aliphatic heterocycles. The van der Waals surface area contributed by atoms with E-state index in [9.17, 15) is 5.11 Å². The lowest BCUT2D eigenvalue weighted by molar-refractivity contribution is -0.0593. The minimum Gasteiger partial charge on any atom is -0.493 e. The van der Waals surface area contributed by atoms with Crippen molar-refractivity contribution in [1.82, 2.24) is 4.90 Å². The minimum absolute atomic E-state index is 0.245. The van der Waals surface area contributed by atoms with Crippen LogP contribution in [-0.2, 0) is 11.3 Å². The SMILES string of the molecule is CC[C@@H](C)N(Cc1ccc(OC)c(OC)c1)C[C@H](O)COC(C)(C)C. The quantitative estimate of drug-likeness (QED) is 0.698.